The van der Waals surface area contributed by atoms with E-state index in [0.29, 0.717) is 17.3 Å². The molecule has 2 aromatic rings. The molecule has 3 rings (SSSR count). The first-order valence-corrected chi connectivity index (χ1v) is 7.00. The molecule has 4 nitrogen and oxygen atoms in total. The van der Waals surface area contributed by atoms with Crippen LogP contribution in [0.2, 0.25) is 0 Å². The van der Waals surface area contributed by atoms with Crippen LogP contribution in [0.5, 0.6) is 0 Å². The summed E-state index contributed by atoms with van der Waals surface area (Å²) in [5.74, 6) is 0.842. The highest BCUT2D eigenvalue weighted by molar-refractivity contribution is 5.55. The second-order valence-corrected chi connectivity index (χ2v) is 5.53. The number of nitrogens with zero attached hydrogens (tertiary/aromatic N) is 2. The van der Waals surface area contributed by atoms with E-state index in [1.54, 1.807) is 0 Å². The first-order valence-electron chi connectivity index (χ1n) is 7.00. The summed E-state index contributed by atoms with van der Waals surface area (Å²) in [4.78, 5) is 4.41. The van der Waals surface area contributed by atoms with Gasteiger partial charge in [-0.05, 0) is 43.5 Å². The zero-order valence-corrected chi connectivity index (χ0v) is 11.5. The van der Waals surface area contributed by atoms with Crippen molar-refractivity contribution in [1.29, 1.82) is 0 Å². The minimum atomic E-state index is -0.291. The zero-order valence-electron chi connectivity index (χ0n) is 11.5. The molecule has 0 saturated heterocycles. The minimum Gasteiger partial charge on any atom is -0.339 e. The van der Waals surface area contributed by atoms with Gasteiger partial charge in [-0.25, -0.2) is 4.39 Å². The molecule has 0 aliphatic heterocycles. The van der Waals surface area contributed by atoms with Crippen LogP contribution in [0.1, 0.15) is 43.1 Å². The average Bonchev–Trinajstić information content (AvgIpc) is 2.87. The van der Waals surface area contributed by atoms with Crippen molar-refractivity contribution in [3.63, 3.8) is 0 Å². The van der Waals surface area contributed by atoms with Crippen molar-refractivity contribution in [2.75, 3.05) is 0 Å². The van der Waals surface area contributed by atoms with Crippen molar-refractivity contribution in [1.82, 2.24) is 10.1 Å². The summed E-state index contributed by atoms with van der Waals surface area (Å²) in [5.41, 5.74) is 7.59. The number of aromatic nitrogens is 2. The number of hydrogen-bond donors (Lipinski definition) is 1. The lowest BCUT2D eigenvalue weighted by Crippen LogP contribution is -2.31. The first kappa shape index (κ1) is 13.2. The lowest BCUT2D eigenvalue weighted by molar-refractivity contribution is 0.290. The van der Waals surface area contributed by atoms with Crippen LogP contribution in [-0.4, -0.2) is 16.2 Å². The summed E-state index contributed by atoms with van der Waals surface area (Å²) >= 11 is 0. The Kier molecular flexibility index (Phi) is 3.53. The van der Waals surface area contributed by atoms with E-state index >= 15 is 0 Å². The van der Waals surface area contributed by atoms with E-state index in [0.717, 1.165) is 31.2 Å². The maximum atomic E-state index is 13.4. The van der Waals surface area contributed by atoms with Crippen molar-refractivity contribution < 1.29 is 8.91 Å². The molecule has 0 bridgehead atoms. The standard InChI is InChI=1S/C15H18FN3O/c1-9-6-10(8-11(16)7-9)14-18-15(20-19-14)12-4-2-3-5-13(12)17/h6-8,12-13H,2-5,17H2,1H3. The van der Waals surface area contributed by atoms with E-state index in [2.05, 4.69) is 10.1 Å². The fourth-order valence-electron chi connectivity index (χ4n) is 2.83. The second-order valence-electron chi connectivity index (χ2n) is 5.53. The van der Waals surface area contributed by atoms with Crippen LogP contribution in [0.3, 0.4) is 0 Å². The molecule has 5 heteroatoms. The number of aryl methyl sites for hydroxylation is 1. The lowest BCUT2D eigenvalue weighted by atomic mass is 9.85. The Hall–Kier alpha value is -1.75. The molecule has 1 heterocycles. The molecule has 106 valence electrons. The van der Waals surface area contributed by atoms with Gasteiger partial charge in [-0.3, -0.25) is 0 Å². The largest absolute Gasteiger partial charge is 0.339 e. The third kappa shape index (κ3) is 2.58. The van der Waals surface area contributed by atoms with Crippen molar-refractivity contribution >= 4 is 0 Å². The van der Waals surface area contributed by atoms with E-state index in [1.807, 2.05) is 13.0 Å². The SMILES string of the molecule is Cc1cc(F)cc(-c2noc(C3CCCCC3N)n2)c1. The van der Waals surface area contributed by atoms with Gasteiger partial charge in [-0.1, -0.05) is 18.0 Å². The van der Waals surface area contributed by atoms with Gasteiger partial charge in [-0.2, -0.15) is 4.98 Å². The Labute approximate surface area is 117 Å². The van der Waals surface area contributed by atoms with Crippen LogP contribution in [0.4, 0.5) is 4.39 Å². The van der Waals surface area contributed by atoms with Gasteiger partial charge in [0.2, 0.25) is 11.7 Å². The van der Waals surface area contributed by atoms with Crippen LogP contribution < -0.4 is 5.73 Å². The predicted octanol–water partition coefficient (Wildman–Crippen LogP) is 3.17. The fraction of sp³-hybridized carbons (Fsp3) is 0.467. The van der Waals surface area contributed by atoms with Crippen LogP contribution in [-0.2, 0) is 0 Å². The van der Waals surface area contributed by atoms with E-state index in [4.69, 9.17) is 10.3 Å². The number of halogens is 1. The highest BCUT2D eigenvalue weighted by Crippen LogP contribution is 2.32. The van der Waals surface area contributed by atoms with Gasteiger partial charge in [0.15, 0.2) is 0 Å². The Morgan fingerprint density at radius 1 is 1.25 bits per heavy atom. The maximum Gasteiger partial charge on any atom is 0.231 e. The Morgan fingerprint density at radius 3 is 2.80 bits per heavy atom. The molecule has 1 aromatic heterocycles. The van der Waals surface area contributed by atoms with E-state index in [9.17, 15) is 4.39 Å². The molecule has 1 aliphatic rings. The highest BCUT2D eigenvalue weighted by atomic mass is 19.1. The summed E-state index contributed by atoms with van der Waals surface area (Å²) in [6.07, 6.45) is 4.25. The average molecular weight is 275 g/mol. The Bertz CT molecular complexity index is 591. The fourth-order valence-corrected chi connectivity index (χ4v) is 2.83. The van der Waals surface area contributed by atoms with Crippen molar-refractivity contribution in [3.8, 4) is 11.4 Å². The van der Waals surface area contributed by atoms with Gasteiger partial charge in [0.05, 0.1) is 5.92 Å². The predicted molar refractivity (Wildman–Crippen MR) is 73.6 cm³/mol. The van der Waals surface area contributed by atoms with E-state index in [-0.39, 0.29) is 17.8 Å². The van der Waals surface area contributed by atoms with Gasteiger partial charge >= 0.3 is 0 Å². The monoisotopic (exact) mass is 275 g/mol. The van der Waals surface area contributed by atoms with Crippen LogP contribution in [0.25, 0.3) is 11.4 Å². The summed E-state index contributed by atoms with van der Waals surface area (Å²) in [6, 6.07) is 4.81. The summed E-state index contributed by atoms with van der Waals surface area (Å²) in [5, 5.41) is 3.97. The number of rotatable bonds is 2. The van der Waals surface area contributed by atoms with Gasteiger partial charge in [-0.15, -0.1) is 0 Å². The highest BCUT2D eigenvalue weighted by Gasteiger charge is 2.28. The van der Waals surface area contributed by atoms with Crippen molar-refractivity contribution in [2.24, 2.45) is 5.73 Å². The van der Waals surface area contributed by atoms with Gasteiger partial charge in [0, 0.05) is 11.6 Å². The molecule has 1 aliphatic carbocycles. The summed E-state index contributed by atoms with van der Waals surface area (Å²) in [7, 11) is 0. The molecule has 0 spiro atoms. The van der Waals surface area contributed by atoms with Crippen molar-refractivity contribution in [3.05, 3.63) is 35.5 Å². The maximum absolute atomic E-state index is 13.4. The molecule has 20 heavy (non-hydrogen) atoms. The lowest BCUT2D eigenvalue weighted by Gasteiger charge is -2.25. The number of nitrogens with two attached hydrogens (primary N) is 1. The third-order valence-corrected chi connectivity index (χ3v) is 3.88. The number of benzene rings is 1. The summed E-state index contributed by atoms with van der Waals surface area (Å²) in [6.45, 7) is 1.84. The second kappa shape index (κ2) is 5.32. The van der Waals surface area contributed by atoms with E-state index < -0.39 is 0 Å². The van der Waals surface area contributed by atoms with Crippen LogP contribution in [0, 0.1) is 12.7 Å². The van der Waals surface area contributed by atoms with E-state index in [1.165, 1.54) is 12.1 Å². The molecule has 0 amide bonds. The molecule has 2 N–H and O–H groups in total. The molecular weight excluding hydrogens is 257 g/mol. The Morgan fingerprint density at radius 2 is 2.05 bits per heavy atom. The van der Waals surface area contributed by atoms with Gasteiger partial charge < -0.3 is 10.3 Å². The molecule has 2 atom stereocenters. The smallest absolute Gasteiger partial charge is 0.231 e. The quantitative estimate of drug-likeness (QED) is 0.914. The molecule has 0 radical (unpaired) electrons. The minimum absolute atomic E-state index is 0.0753. The van der Waals surface area contributed by atoms with Crippen LogP contribution in [0.15, 0.2) is 22.7 Å². The number of hydrogen-bond acceptors (Lipinski definition) is 4. The Balaban J connectivity index is 1.89. The molecule has 1 saturated carbocycles. The zero-order chi connectivity index (χ0) is 14.1. The van der Waals surface area contributed by atoms with Crippen molar-refractivity contribution in [2.45, 2.75) is 44.6 Å². The third-order valence-electron chi connectivity index (χ3n) is 3.88. The molecule has 1 fully saturated rings. The topological polar surface area (TPSA) is 64.9 Å². The molecule has 2 unspecified atom stereocenters. The summed E-state index contributed by atoms with van der Waals surface area (Å²) < 4.78 is 18.8. The molecular formula is C15H18FN3O. The van der Waals surface area contributed by atoms with Gasteiger partial charge in [0.1, 0.15) is 5.82 Å². The van der Waals surface area contributed by atoms with Crippen LogP contribution >= 0.6 is 0 Å². The first-order chi connectivity index (χ1) is 9.63. The van der Waals surface area contributed by atoms with Gasteiger partial charge in [0.25, 0.3) is 0 Å². The normalized spacial score (nSPS) is 22.9. The molecule has 1 aromatic carbocycles.